The number of carbonyl (C=O) groups excluding carboxylic acids is 1. The second-order valence-corrected chi connectivity index (χ2v) is 6.33. The predicted molar refractivity (Wildman–Crippen MR) is 101 cm³/mol. The van der Waals surface area contributed by atoms with Crippen molar-refractivity contribution in [2.45, 2.75) is 52.6 Å². The van der Waals surface area contributed by atoms with Crippen molar-refractivity contribution in [2.24, 2.45) is 0 Å². The fourth-order valence-corrected chi connectivity index (χ4v) is 2.80. The van der Waals surface area contributed by atoms with Crippen molar-refractivity contribution < 1.29 is 4.79 Å². The lowest BCUT2D eigenvalue weighted by Crippen LogP contribution is -2.39. The zero-order valence-electron chi connectivity index (χ0n) is 15.1. The molecule has 0 saturated heterocycles. The summed E-state index contributed by atoms with van der Waals surface area (Å²) in [4.78, 5) is 13.0. The fraction of sp³-hybridized carbons (Fsp3) is 0.381. The van der Waals surface area contributed by atoms with Crippen LogP contribution < -0.4 is 10.6 Å². The number of carbonyl (C=O) groups is 1. The standard InChI is InChI=1S/C21H28N2O/c1-5-18(6-2)22-20(17-10-8-7-9-11-17)21(24)23-19-14-15(3)12-13-16(19)4/h7-14,18,20,22H,5-6H2,1-4H3,(H,23,24)/t20-/m0/s1. The van der Waals surface area contributed by atoms with Gasteiger partial charge in [0.2, 0.25) is 5.91 Å². The first kappa shape index (κ1) is 18.2. The summed E-state index contributed by atoms with van der Waals surface area (Å²) in [7, 11) is 0. The Balaban J connectivity index is 2.25. The smallest absolute Gasteiger partial charge is 0.246 e. The van der Waals surface area contributed by atoms with E-state index in [0.717, 1.165) is 35.2 Å². The van der Waals surface area contributed by atoms with Gasteiger partial charge in [-0.1, -0.05) is 56.3 Å². The molecule has 0 aliphatic carbocycles. The van der Waals surface area contributed by atoms with Crippen LogP contribution in [-0.2, 0) is 4.79 Å². The van der Waals surface area contributed by atoms with Gasteiger partial charge in [-0.25, -0.2) is 0 Å². The molecule has 0 heterocycles. The van der Waals surface area contributed by atoms with Crippen molar-refractivity contribution >= 4 is 11.6 Å². The summed E-state index contributed by atoms with van der Waals surface area (Å²) in [5.41, 5.74) is 4.09. The molecule has 2 rings (SSSR count). The van der Waals surface area contributed by atoms with Crippen molar-refractivity contribution in [1.29, 1.82) is 0 Å². The van der Waals surface area contributed by atoms with E-state index >= 15 is 0 Å². The van der Waals surface area contributed by atoms with Gasteiger partial charge in [-0.2, -0.15) is 0 Å². The Kier molecular flexibility index (Phi) is 6.56. The van der Waals surface area contributed by atoms with Gasteiger partial charge in [-0.15, -0.1) is 0 Å². The molecular weight excluding hydrogens is 296 g/mol. The van der Waals surface area contributed by atoms with Gasteiger partial charge in [0.15, 0.2) is 0 Å². The number of hydrogen-bond acceptors (Lipinski definition) is 2. The largest absolute Gasteiger partial charge is 0.324 e. The topological polar surface area (TPSA) is 41.1 Å². The monoisotopic (exact) mass is 324 g/mol. The van der Waals surface area contributed by atoms with E-state index in [1.165, 1.54) is 0 Å². The van der Waals surface area contributed by atoms with Crippen LogP contribution in [0.5, 0.6) is 0 Å². The third kappa shape index (κ3) is 4.68. The van der Waals surface area contributed by atoms with Crippen LogP contribution in [0.15, 0.2) is 48.5 Å². The minimum absolute atomic E-state index is 0.0122. The van der Waals surface area contributed by atoms with E-state index in [4.69, 9.17) is 0 Å². The summed E-state index contributed by atoms with van der Waals surface area (Å²) in [6.45, 7) is 8.34. The van der Waals surface area contributed by atoms with Crippen molar-refractivity contribution in [2.75, 3.05) is 5.32 Å². The highest BCUT2D eigenvalue weighted by Crippen LogP contribution is 2.21. The third-order valence-electron chi connectivity index (χ3n) is 4.43. The quantitative estimate of drug-likeness (QED) is 0.771. The normalized spacial score (nSPS) is 12.2. The molecule has 0 aliphatic rings. The molecule has 2 N–H and O–H groups in total. The third-order valence-corrected chi connectivity index (χ3v) is 4.43. The molecule has 0 aliphatic heterocycles. The lowest BCUT2D eigenvalue weighted by Gasteiger charge is -2.24. The highest BCUT2D eigenvalue weighted by molar-refractivity contribution is 5.96. The fourth-order valence-electron chi connectivity index (χ4n) is 2.80. The molecule has 24 heavy (non-hydrogen) atoms. The SMILES string of the molecule is CCC(CC)N[C@H](C(=O)Nc1cc(C)ccc1C)c1ccccc1. The minimum atomic E-state index is -0.351. The molecule has 0 bridgehead atoms. The lowest BCUT2D eigenvalue weighted by atomic mass is 10.0. The van der Waals surface area contributed by atoms with Crippen LogP contribution in [0.2, 0.25) is 0 Å². The molecular formula is C21H28N2O. The molecule has 0 radical (unpaired) electrons. The average Bonchev–Trinajstić information content (AvgIpc) is 2.60. The van der Waals surface area contributed by atoms with Crippen molar-refractivity contribution in [3.63, 3.8) is 0 Å². The Morgan fingerprint density at radius 2 is 1.67 bits per heavy atom. The van der Waals surface area contributed by atoms with Gasteiger partial charge in [0.1, 0.15) is 6.04 Å². The number of aryl methyl sites for hydroxylation is 2. The van der Waals surface area contributed by atoms with Gasteiger partial charge in [0.25, 0.3) is 0 Å². The Bertz CT molecular complexity index is 663. The number of hydrogen-bond donors (Lipinski definition) is 2. The highest BCUT2D eigenvalue weighted by atomic mass is 16.2. The number of amides is 1. The maximum Gasteiger partial charge on any atom is 0.246 e. The number of benzene rings is 2. The molecule has 2 aromatic carbocycles. The summed E-state index contributed by atoms with van der Waals surface area (Å²) in [5, 5.41) is 6.61. The summed E-state index contributed by atoms with van der Waals surface area (Å²) in [6, 6.07) is 16.0. The van der Waals surface area contributed by atoms with Crippen LogP contribution in [0, 0.1) is 13.8 Å². The molecule has 0 unspecified atom stereocenters. The van der Waals surface area contributed by atoms with E-state index in [1.54, 1.807) is 0 Å². The molecule has 1 amide bonds. The van der Waals surface area contributed by atoms with Crippen LogP contribution in [0.25, 0.3) is 0 Å². The zero-order valence-corrected chi connectivity index (χ0v) is 15.1. The van der Waals surface area contributed by atoms with Crippen LogP contribution >= 0.6 is 0 Å². The molecule has 1 atom stereocenters. The Labute approximate surface area is 145 Å². The molecule has 0 saturated carbocycles. The molecule has 2 aromatic rings. The Hall–Kier alpha value is -2.13. The Morgan fingerprint density at radius 3 is 2.29 bits per heavy atom. The lowest BCUT2D eigenvalue weighted by molar-refractivity contribution is -0.118. The summed E-state index contributed by atoms with van der Waals surface area (Å²) in [6.07, 6.45) is 1.99. The van der Waals surface area contributed by atoms with Gasteiger partial charge in [0.05, 0.1) is 0 Å². The summed E-state index contributed by atoms with van der Waals surface area (Å²) < 4.78 is 0. The van der Waals surface area contributed by atoms with Crippen LogP contribution in [0.4, 0.5) is 5.69 Å². The highest BCUT2D eigenvalue weighted by Gasteiger charge is 2.23. The van der Waals surface area contributed by atoms with E-state index in [2.05, 4.69) is 30.5 Å². The molecule has 128 valence electrons. The molecule has 3 heteroatoms. The van der Waals surface area contributed by atoms with Crippen LogP contribution in [0.1, 0.15) is 49.4 Å². The molecule has 0 aromatic heterocycles. The first-order chi connectivity index (χ1) is 11.5. The van der Waals surface area contributed by atoms with Crippen molar-refractivity contribution in [3.8, 4) is 0 Å². The van der Waals surface area contributed by atoms with Gasteiger partial charge < -0.3 is 5.32 Å². The number of anilines is 1. The minimum Gasteiger partial charge on any atom is -0.324 e. The number of rotatable bonds is 7. The summed E-state index contributed by atoms with van der Waals surface area (Å²) >= 11 is 0. The van der Waals surface area contributed by atoms with Gasteiger partial charge >= 0.3 is 0 Å². The van der Waals surface area contributed by atoms with E-state index in [1.807, 2.05) is 56.3 Å². The maximum absolute atomic E-state index is 13.0. The maximum atomic E-state index is 13.0. The molecule has 3 nitrogen and oxygen atoms in total. The number of nitrogens with one attached hydrogen (secondary N) is 2. The molecule has 0 fully saturated rings. The van der Waals surface area contributed by atoms with Crippen molar-refractivity contribution in [1.82, 2.24) is 5.32 Å². The van der Waals surface area contributed by atoms with Gasteiger partial charge in [-0.3, -0.25) is 10.1 Å². The van der Waals surface area contributed by atoms with Crippen LogP contribution in [0.3, 0.4) is 0 Å². The second-order valence-electron chi connectivity index (χ2n) is 6.33. The van der Waals surface area contributed by atoms with Gasteiger partial charge in [-0.05, 0) is 49.4 Å². The summed E-state index contributed by atoms with van der Waals surface area (Å²) in [5.74, 6) is -0.0122. The van der Waals surface area contributed by atoms with E-state index in [0.29, 0.717) is 6.04 Å². The molecule has 0 spiro atoms. The average molecular weight is 324 g/mol. The first-order valence-electron chi connectivity index (χ1n) is 8.74. The zero-order chi connectivity index (χ0) is 17.5. The van der Waals surface area contributed by atoms with Gasteiger partial charge in [0, 0.05) is 11.7 Å². The predicted octanol–water partition coefficient (Wildman–Crippen LogP) is 4.76. The van der Waals surface area contributed by atoms with Crippen molar-refractivity contribution in [3.05, 3.63) is 65.2 Å². The Morgan fingerprint density at radius 1 is 1.00 bits per heavy atom. The van der Waals surface area contributed by atoms with E-state index < -0.39 is 0 Å². The van der Waals surface area contributed by atoms with E-state index in [-0.39, 0.29) is 11.9 Å². The van der Waals surface area contributed by atoms with E-state index in [9.17, 15) is 4.79 Å². The van der Waals surface area contributed by atoms with Crippen LogP contribution in [-0.4, -0.2) is 11.9 Å². The second kappa shape index (κ2) is 8.65. The first-order valence-corrected chi connectivity index (χ1v) is 8.74.